The van der Waals surface area contributed by atoms with E-state index >= 15 is 0 Å². The van der Waals surface area contributed by atoms with Crippen LogP contribution in [-0.2, 0) is 13.1 Å². The zero-order chi connectivity index (χ0) is 23.2. The summed E-state index contributed by atoms with van der Waals surface area (Å²) >= 11 is 0. The molecule has 9 heteroatoms. The van der Waals surface area contributed by atoms with Gasteiger partial charge in [0, 0.05) is 61.4 Å². The van der Waals surface area contributed by atoms with E-state index < -0.39 is 0 Å². The van der Waals surface area contributed by atoms with Crippen LogP contribution in [0.5, 0.6) is 5.75 Å². The van der Waals surface area contributed by atoms with Crippen LogP contribution >= 0.6 is 0 Å². The highest BCUT2D eigenvalue weighted by molar-refractivity contribution is 5.76. The number of aromatic nitrogens is 2. The van der Waals surface area contributed by atoms with E-state index in [4.69, 9.17) is 4.74 Å². The molecule has 1 fully saturated rings. The number of nitrogens with zero attached hydrogens (tertiary/aromatic N) is 3. The molecule has 0 spiro atoms. The van der Waals surface area contributed by atoms with Crippen LogP contribution in [0.3, 0.4) is 0 Å². The van der Waals surface area contributed by atoms with Crippen molar-refractivity contribution in [2.75, 3.05) is 38.1 Å². The molecule has 34 heavy (non-hydrogen) atoms. The van der Waals surface area contributed by atoms with Crippen molar-refractivity contribution in [3.63, 3.8) is 0 Å². The summed E-state index contributed by atoms with van der Waals surface area (Å²) in [6.07, 6.45) is 1.90. The highest BCUT2D eigenvalue weighted by Crippen LogP contribution is 2.30. The Morgan fingerprint density at radius 1 is 1.09 bits per heavy atom. The van der Waals surface area contributed by atoms with Crippen LogP contribution in [0, 0.1) is 5.82 Å². The van der Waals surface area contributed by atoms with Gasteiger partial charge in [-0.05, 0) is 44.1 Å². The minimum absolute atomic E-state index is 0.0462. The van der Waals surface area contributed by atoms with Gasteiger partial charge >= 0.3 is 0 Å². The summed E-state index contributed by atoms with van der Waals surface area (Å²) in [6.45, 7) is 4.81. The Hall–Kier alpha value is -3.17. The van der Waals surface area contributed by atoms with Crippen LogP contribution in [0.1, 0.15) is 24.4 Å². The van der Waals surface area contributed by atoms with Gasteiger partial charge in [-0.2, -0.15) is 0 Å². The smallest absolute Gasteiger partial charge is 0.252 e. The summed E-state index contributed by atoms with van der Waals surface area (Å²) in [7, 11) is 0. The molecule has 0 amide bonds. The molecule has 3 aliphatic rings. The normalized spacial score (nSPS) is 20.2. The van der Waals surface area contributed by atoms with Crippen molar-refractivity contribution in [3.8, 4) is 5.75 Å². The molecule has 0 radical (unpaired) electrons. The van der Waals surface area contributed by atoms with E-state index in [1.54, 1.807) is 33.4 Å². The lowest BCUT2D eigenvalue weighted by Gasteiger charge is -2.34. The molecule has 5 heterocycles. The summed E-state index contributed by atoms with van der Waals surface area (Å²) in [5.41, 5.74) is 2.10. The fourth-order valence-corrected chi connectivity index (χ4v) is 5.50. The van der Waals surface area contributed by atoms with Crippen molar-refractivity contribution in [2.24, 2.45) is 0 Å². The van der Waals surface area contributed by atoms with E-state index in [1.807, 2.05) is 6.07 Å². The molecule has 2 N–H and O–H groups in total. The van der Waals surface area contributed by atoms with Gasteiger partial charge in [-0.25, -0.2) is 4.39 Å². The van der Waals surface area contributed by atoms with Gasteiger partial charge < -0.3 is 20.3 Å². The number of hydrogen-bond donors (Lipinski definition) is 2. The van der Waals surface area contributed by atoms with Gasteiger partial charge in [0.1, 0.15) is 23.8 Å². The molecule has 8 nitrogen and oxygen atoms in total. The van der Waals surface area contributed by atoms with Crippen LogP contribution in [0.4, 0.5) is 10.1 Å². The maximum absolute atomic E-state index is 14.5. The molecule has 6 rings (SSSR count). The predicted molar refractivity (Wildman–Crippen MR) is 128 cm³/mol. The Balaban J connectivity index is 1.07. The van der Waals surface area contributed by atoms with Crippen LogP contribution in [0.2, 0.25) is 0 Å². The quantitative estimate of drug-likeness (QED) is 0.599. The average molecular weight is 466 g/mol. The number of ether oxygens (including phenoxy) is 1. The number of pyridine rings is 2. The van der Waals surface area contributed by atoms with Crippen LogP contribution in [0.25, 0.3) is 11.0 Å². The molecule has 0 bridgehead atoms. The maximum Gasteiger partial charge on any atom is 0.252 e. The summed E-state index contributed by atoms with van der Waals surface area (Å²) in [4.78, 5) is 27.4. The van der Waals surface area contributed by atoms with Gasteiger partial charge in [-0.3, -0.25) is 18.7 Å². The number of rotatable bonds is 5. The first-order chi connectivity index (χ1) is 16.6. The topological polar surface area (TPSA) is 80.5 Å². The van der Waals surface area contributed by atoms with Crippen molar-refractivity contribution >= 4 is 16.7 Å². The molecule has 178 valence electrons. The van der Waals surface area contributed by atoms with E-state index in [0.29, 0.717) is 37.1 Å². The minimum atomic E-state index is -0.247. The maximum atomic E-state index is 14.5. The third kappa shape index (κ3) is 3.78. The Labute approximate surface area is 195 Å². The fraction of sp³-hybridized carbons (Fsp3) is 0.440. The van der Waals surface area contributed by atoms with Gasteiger partial charge in [0.15, 0.2) is 0 Å². The van der Waals surface area contributed by atoms with Crippen molar-refractivity contribution in [1.29, 1.82) is 0 Å². The van der Waals surface area contributed by atoms with Gasteiger partial charge in [-0.1, -0.05) is 0 Å². The summed E-state index contributed by atoms with van der Waals surface area (Å²) in [5, 5.41) is 7.69. The number of hydrogen-bond acceptors (Lipinski definition) is 6. The third-order valence-electron chi connectivity index (χ3n) is 7.28. The number of anilines is 1. The number of fused-ring (bicyclic) bond motifs is 1. The van der Waals surface area contributed by atoms with Crippen molar-refractivity contribution in [3.05, 3.63) is 68.5 Å². The molecular weight excluding hydrogens is 437 g/mol. The number of likely N-dealkylation sites (tertiary alicyclic amines) is 1. The minimum Gasteiger partial charge on any atom is -0.489 e. The fourth-order valence-electron chi connectivity index (χ4n) is 5.50. The molecular formula is C25H28FN5O3. The second kappa shape index (κ2) is 8.56. The van der Waals surface area contributed by atoms with Crippen molar-refractivity contribution < 1.29 is 9.13 Å². The second-order valence-electron chi connectivity index (χ2n) is 9.43. The molecule has 1 saturated heterocycles. The summed E-state index contributed by atoms with van der Waals surface area (Å²) in [6, 6.07) is 10.3. The van der Waals surface area contributed by atoms with E-state index in [9.17, 15) is 14.0 Å². The number of halogens is 1. The number of piperidine rings is 1. The van der Waals surface area contributed by atoms with Crippen LogP contribution < -0.4 is 26.5 Å². The molecule has 0 unspecified atom stereocenters. The van der Waals surface area contributed by atoms with Crippen molar-refractivity contribution in [2.45, 2.75) is 38.0 Å². The van der Waals surface area contributed by atoms with E-state index in [2.05, 4.69) is 15.5 Å². The van der Waals surface area contributed by atoms with Crippen LogP contribution in [-0.4, -0.2) is 52.9 Å². The first kappa shape index (κ1) is 21.4. The highest BCUT2D eigenvalue weighted by Gasteiger charge is 2.29. The molecule has 3 aliphatic heterocycles. The first-order valence-corrected chi connectivity index (χ1v) is 12.0. The molecule has 1 atom stereocenters. The lowest BCUT2D eigenvalue weighted by atomic mass is 10.0. The van der Waals surface area contributed by atoms with Gasteiger partial charge in [0.2, 0.25) is 0 Å². The van der Waals surface area contributed by atoms with E-state index in [-0.39, 0.29) is 23.0 Å². The SMILES string of the molecule is O=c1ccc2ccc(=O)n3c2n1C[C@H]3CN1CCC(NCc2cc3c(cc2F)OCCN3)CC1. The number of benzene rings is 1. The third-order valence-corrected chi connectivity index (χ3v) is 7.28. The van der Waals surface area contributed by atoms with Gasteiger partial charge in [-0.15, -0.1) is 0 Å². The number of nitrogens with one attached hydrogen (secondary N) is 2. The monoisotopic (exact) mass is 465 g/mol. The average Bonchev–Trinajstić information content (AvgIpc) is 3.23. The molecule has 0 saturated carbocycles. The summed E-state index contributed by atoms with van der Waals surface area (Å²) in [5.74, 6) is 0.329. The zero-order valence-electron chi connectivity index (χ0n) is 18.9. The summed E-state index contributed by atoms with van der Waals surface area (Å²) < 4.78 is 23.5. The lowest BCUT2D eigenvalue weighted by Crippen LogP contribution is -2.44. The van der Waals surface area contributed by atoms with E-state index in [0.717, 1.165) is 55.7 Å². The second-order valence-corrected chi connectivity index (χ2v) is 9.43. The Morgan fingerprint density at radius 2 is 1.88 bits per heavy atom. The molecule has 1 aromatic carbocycles. The largest absolute Gasteiger partial charge is 0.489 e. The highest BCUT2D eigenvalue weighted by atomic mass is 19.1. The zero-order valence-corrected chi connectivity index (χ0v) is 18.9. The van der Waals surface area contributed by atoms with Gasteiger partial charge in [0.05, 0.1) is 11.7 Å². The standard InChI is InChI=1S/C25H28FN5O3/c26-20-12-22-21(27-7-10-34-22)11-17(20)13-28-18-5-8-29(9-6-18)14-19-15-30-23(32)3-1-16-2-4-24(33)31(19)25(16)30/h1-4,11-12,18-19,27-28H,5-10,13-15H2/t19-/m1/s1. The lowest BCUT2D eigenvalue weighted by molar-refractivity contribution is 0.171. The Kier molecular flexibility index (Phi) is 5.38. The Morgan fingerprint density at radius 3 is 2.71 bits per heavy atom. The predicted octanol–water partition coefficient (Wildman–Crippen LogP) is 1.92. The van der Waals surface area contributed by atoms with Gasteiger partial charge in [0.25, 0.3) is 11.1 Å². The van der Waals surface area contributed by atoms with Crippen molar-refractivity contribution in [1.82, 2.24) is 19.4 Å². The molecule has 2 aromatic heterocycles. The molecule has 3 aromatic rings. The van der Waals surface area contributed by atoms with Crippen LogP contribution in [0.15, 0.2) is 46.0 Å². The van der Waals surface area contributed by atoms with E-state index in [1.165, 1.54) is 6.07 Å². The molecule has 0 aliphatic carbocycles. The Bertz CT molecular complexity index is 1350. The first-order valence-electron chi connectivity index (χ1n) is 12.0.